The van der Waals surface area contributed by atoms with Crippen LogP contribution in [0.4, 0.5) is 9.59 Å². The molecule has 4 amide bonds. The molecule has 0 bridgehead atoms. The molecule has 1 aliphatic rings. The number of carbonyl (C=O) groups is 2. The number of nitrogens with one attached hydrogen (secondary N) is 1. The summed E-state index contributed by atoms with van der Waals surface area (Å²) in [6, 6.07) is 3.81. The first kappa shape index (κ1) is 16.1. The van der Waals surface area contributed by atoms with E-state index in [1.54, 1.807) is 41.2 Å². The standard InChI is InChI=1S/C15H23N5O2/c1-18(2)15(22)20-10-8-19(9-11-20)14(21)17-7-5-13-4-3-6-16-12-13/h3-4,6,12H,5,7-11H2,1-2H3,(H,17,21). The van der Waals surface area contributed by atoms with Gasteiger partial charge in [-0.05, 0) is 18.1 Å². The molecule has 7 heteroatoms. The van der Waals surface area contributed by atoms with Crippen LogP contribution in [0.3, 0.4) is 0 Å². The molecule has 0 atom stereocenters. The molecule has 0 spiro atoms. The summed E-state index contributed by atoms with van der Waals surface area (Å²) in [5, 5.41) is 2.91. The summed E-state index contributed by atoms with van der Waals surface area (Å²) in [6.45, 7) is 2.87. The van der Waals surface area contributed by atoms with Gasteiger partial charge in [0.25, 0.3) is 0 Å². The van der Waals surface area contributed by atoms with Crippen molar-refractivity contribution in [2.45, 2.75) is 6.42 Å². The first-order valence-corrected chi connectivity index (χ1v) is 7.46. The number of rotatable bonds is 3. The molecular formula is C15H23N5O2. The number of urea groups is 2. The Bertz CT molecular complexity index is 498. The lowest BCUT2D eigenvalue weighted by Gasteiger charge is -2.35. The summed E-state index contributed by atoms with van der Waals surface area (Å²) in [5.74, 6) is 0. The Morgan fingerprint density at radius 1 is 1.23 bits per heavy atom. The summed E-state index contributed by atoms with van der Waals surface area (Å²) >= 11 is 0. The number of hydrogen-bond donors (Lipinski definition) is 1. The smallest absolute Gasteiger partial charge is 0.319 e. The Labute approximate surface area is 130 Å². The molecular weight excluding hydrogens is 282 g/mol. The monoisotopic (exact) mass is 305 g/mol. The Morgan fingerprint density at radius 2 is 1.91 bits per heavy atom. The predicted octanol–water partition coefficient (Wildman–Crippen LogP) is 0.633. The summed E-state index contributed by atoms with van der Waals surface area (Å²) < 4.78 is 0. The van der Waals surface area contributed by atoms with Crippen molar-refractivity contribution in [1.82, 2.24) is 25.0 Å². The minimum Gasteiger partial charge on any atom is -0.338 e. The lowest BCUT2D eigenvalue weighted by Crippen LogP contribution is -2.55. The first-order chi connectivity index (χ1) is 10.6. The molecule has 0 saturated carbocycles. The van der Waals surface area contributed by atoms with Crippen LogP contribution in [0.2, 0.25) is 0 Å². The highest BCUT2D eigenvalue weighted by molar-refractivity contribution is 5.76. The Kier molecular flexibility index (Phi) is 5.57. The summed E-state index contributed by atoms with van der Waals surface area (Å²) in [6.07, 6.45) is 4.30. The lowest BCUT2D eigenvalue weighted by atomic mass is 10.2. The van der Waals surface area contributed by atoms with Gasteiger partial charge in [0.1, 0.15) is 0 Å². The van der Waals surface area contributed by atoms with Crippen molar-refractivity contribution in [1.29, 1.82) is 0 Å². The minimum atomic E-state index is -0.0687. The van der Waals surface area contributed by atoms with Gasteiger partial charge in [-0.15, -0.1) is 0 Å². The third-order valence-electron chi connectivity index (χ3n) is 3.63. The normalized spacial score (nSPS) is 14.6. The zero-order valence-corrected chi connectivity index (χ0v) is 13.2. The van der Waals surface area contributed by atoms with Crippen LogP contribution in [-0.4, -0.2) is 78.6 Å². The average Bonchev–Trinajstić information content (AvgIpc) is 2.55. The van der Waals surface area contributed by atoms with E-state index in [2.05, 4.69) is 10.3 Å². The van der Waals surface area contributed by atoms with E-state index in [1.807, 2.05) is 12.1 Å². The van der Waals surface area contributed by atoms with E-state index in [0.717, 1.165) is 12.0 Å². The molecule has 0 aromatic carbocycles. The second-order valence-corrected chi connectivity index (χ2v) is 5.49. The molecule has 1 aromatic rings. The second-order valence-electron chi connectivity index (χ2n) is 5.49. The maximum absolute atomic E-state index is 12.1. The molecule has 1 N–H and O–H groups in total. The molecule has 0 aliphatic carbocycles. The van der Waals surface area contributed by atoms with Gasteiger partial charge in [0.15, 0.2) is 0 Å². The van der Waals surface area contributed by atoms with Gasteiger partial charge in [-0.2, -0.15) is 0 Å². The van der Waals surface area contributed by atoms with Crippen LogP contribution in [0, 0.1) is 0 Å². The molecule has 0 unspecified atom stereocenters. The topological polar surface area (TPSA) is 68.8 Å². The van der Waals surface area contributed by atoms with E-state index >= 15 is 0 Å². The number of nitrogens with zero attached hydrogens (tertiary/aromatic N) is 4. The van der Waals surface area contributed by atoms with E-state index in [0.29, 0.717) is 32.7 Å². The molecule has 2 heterocycles. The van der Waals surface area contributed by atoms with Crippen LogP contribution in [0.5, 0.6) is 0 Å². The molecule has 120 valence electrons. The highest BCUT2D eigenvalue weighted by Crippen LogP contribution is 2.04. The van der Waals surface area contributed by atoms with Crippen LogP contribution in [0.25, 0.3) is 0 Å². The number of amides is 4. The largest absolute Gasteiger partial charge is 0.338 e. The minimum absolute atomic E-state index is 0.00312. The van der Waals surface area contributed by atoms with Crippen molar-refractivity contribution in [3.63, 3.8) is 0 Å². The summed E-state index contributed by atoms with van der Waals surface area (Å²) in [7, 11) is 3.47. The first-order valence-electron chi connectivity index (χ1n) is 7.46. The third kappa shape index (κ3) is 4.34. The quantitative estimate of drug-likeness (QED) is 0.891. The molecule has 22 heavy (non-hydrogen) atoms. The fourth-order valence-electron chi connectivity index (χ4n) is 2.36. The Balaban J connectivity index is 1.70. The maximum atomic E-state index is 12.1. The lowest BCUT2D eigenvalue weighted by molar-refractivity contribution is 0.129. The van der Waals surface area contributed by atoms with Crippen LogP contribution >= 0.6 is 0 Å². The Hall–Kier alpha value is -2.31. The fraction of sp³-hybridized carbons (Fsp3) is 0.533. The molecule has 1 aromatic heterocycles. The van der Waals surface area contributed by atoms with Gasteiger partial charge in [-0.25, -0.2) is 9.59 Å². The molecule has 1 saturated heterocycles. The summed E-state index contributed by atoms with van der Waals surface area (Å²) in [4.78, 5) is 33.0. The van der Waals surface area contributed by atoms with Crippen molar-refractivity contribution < 1.29 is 9.59 Å². The maximum Gasteiger partial charge on any atom is 0.319 e. The van der Waals surface area contributed by atoms with Crippen LogP contribution in [-0.2, 0) is 6.42 Å². The van der Waals surface area contributed by atoms with Gasteiger partial charge in [0.2, 0.25) is 0 Å². The molecule has 7 nitrogen and oxygen atoms in total. The van der Waals surface area contributed by atoms with E-state index in [-0.39, 0.29) is 12.1 Å². The van der Waals surface area contributed by atoms with Gasteiger partial charge >= 0.3 is 12.1 Å². The zero-order chi connectivity index (χ0) is 15.9. The van der Waals surface area contributed by atoms with Gasteiger partial charge in [-0.1, -0.05) is 6.07 Å². The number of carbonyl (C=O) groups excluding carboxylic acids is 2. The van der Waals surface area contributed by atoms with Crippen LogP contribution < -0.4 is 5.32 Å². The molecule has 1 fully saturated rings. The van der Waals surface area contributed by atoms with Crippen molar-refractivity contribution in [3.8, 4) is 0 Å². The highest BCUT2D eigenvalue weighted by Gasteiger charge is 2.24. The number of hydrogen-bond acceptors (Lipinski definition) is 3. The highest BCUT2D eigenvalue weighted by atomic mass is 16.2. The zero-order valence-electron chi connectivity index (χ0n) is 13.2. The average molecular weight is 305 g/mol. The van der Waals surface area contributed by atoms with Gasteiger partial charge in [-0.3, -0.25) is 4.98 Å². The van der Waals surface area contributed by atoms with Gasteiger partial charge < -0.3 is 20.0 Å². The number of piperazine rings is 1. The second kappa shape index (κ2) is 7.63. The number of pyridine rings is 1. The van der Waals surface area contributed by atoms with Gasteiger partial charge in [0, 0.05) is 59.2 Å². The van der Waals surface area contributed by atoms with E-state index < -0.39 is 0 Å². The summed E-state index contributed by atoms with van der Waals surface area (Å²) in [5.41, 5.74) is 1.10. The van der Waals surface area contributed by atoms with Crippen molar-refractivity contribution in [2.75, 3.05) is 46.8 Å². The van der Waals surface area contributed by atoms with Crippen LogP contribution in [0.15, 0.2) is 24.5 Å². The van der Waals surface area contributed by atoms with E-state index in [1.165, 1.54) is 0 Å². The Morgan fingerprint density at radius 3 is 2.50 bits per heavy atom. The predicted molar refractivity (Wildman–Crippen MR) is 83.6 cm³/mol. The third-order valence-corrected chi connectivity index (χ3v) is 3.63. The SMILES string of the molecule is CN(C)C(=O)N1CCN(C(=O)NCCc2cccnc2)CC1. The van der Waals surface area contributed by atoms with Crippen LogP contribution in [0.1, 0.15) is 5.56 Å². The van der Waals surface area contributed by atoms with Crippen molar-refractivity contribution >= 4 is 12.1 Å². The molecule has 1 aliphatic heterocycles. The molecule has 0 radical (unpaired) electrons. The fourth-order valence-corrected chi connectivity index (χ4v) is 2.36. The van der Waals surface area contributed by atoms with E-state index in [9.17, 15) is 9.59 Å². The number of aromatic nitrogens is 1. The van der Waals surface area contributed by atoms with E-state index in [4.69, 9.17) is 0 Å². The van der Waals surface area contributed by atoms with Crippen molar-refractivity contribution in [2.24, 2.45) is 0 Å². The van der Waals surface area contributed by atoms with Gasteiger partial charge in [0.05, 0.1) is 0 Å². The van der Waals surface area contributed by atoms with Crippen molar-refractivity contribution in [3.05, 3.63) is 30.1 Å². The molecule has 2 rings (SSSR count).